The van der Waals surface area contributed by atoms with Crippen LogP contribution in [0.1, 0.15) is 30.0 Å². The first-order valence-corrected chi connectivity index (χ1v) is 8.36. The number of carbonyl (C=O) groups is 1. The Hall–Kier alpha value is -2.04. The summed E-state index contributed by atoms with van der Waals surface area (Å²) in [4.78, 5) is 13.7. The Morgan fingerprint density at radius 2 is 1.96 bits per heavy atom. The molecule has 0 bridgehead atoms. The zero-order chi connectivity index (χ0) is 17.1. The summed E-state index contributed by atoms with van der Waals surface area (Å²) in [7, 11) is 1.63. The number of likely N-dealkylation sites (tertiary alicyclic amines) is 1. The smallest absolute Gasteiger partial charge is 0.320 e. The van der Waals surface area contributed by atoms with Crippen molar-refractivity contribution in [3.05, 3.63) is 64.7 Å². The molecule has 1 aliphatic rings. The molecule has 0 spiro atoms. The lowest BCUT2D eigenvalue weighted by atomic mass is 9.96. The standard InChI is InChI=1S/C19H20ClNO3/c1-24-14-10-8-13(9-11-14)18(15-5-2-3-6-16(15)20)21-12-4-7-17(21)19(22)23/h2-3,5-6,8-11,17-18H,4,7,12H2,1H3,(H,22,23). The summed E-state index contributed by atoms with van der Waals surface area (Å²) in [6.07, 6.45) is 1.53. The highest BCUT2D eigenvalue weighted by molar-refractivity contribution is 6.31. The van der Waals surface area contributed by atoms with Crippen LogP contribution in [0.15, 0.2) is 48.5 Å². The molecule has 3 rings (SSSR count). The molecule has 1 aliphatic heterocycles. The Morgan fingerprint density at radius 1 is 1.25 bits per heavy atom. The highest BCUT2D eigenvalue weighted by Crippen LogP contribution is 2.38. The highest BCUT2D eigenvalue weighted by Gasteiger charge is 2.37. The van der Waals surface area contributed by atoms with Crippen LogP contribution in [0.5, 0.6) is 5.75 Å². The van der Waals surface area contributed by atoms with E-state index in [2.05, 4.69) is 0 Å². The average molecular weight is 346 g/mol. The van der Waals surface area contributed by atoms with E-state index in [1.165, 1.54) is 0 Å². The number of nitrogens with zero attached hydrogens (tertiary/aromatic N) is 1. The topological polar surface area (TPSA) is 49.8 Å². The lowest BCUT2D eigenvalue weighted by molar-refractivity contribution is -0.142. The fraction of sp³-hybridized carbons (Fsp3) is 0.316. The van der Waals surface area contributed by atoms with E-state index in [0.717, 1.165) is 29.8 Å². The molecule has 24 heavy (non-hydrogen) atoms. The molecule has 2 aromatic carbocycles. The van der Waals surface area contributed by atoms with Crippen LogP contribution in [0, 0.1) is 0 Å². The van der Waals surface area contributed by atoms with Gasteiger partial charge in [0.1, 0.15) is 11.8 Å². The van der Waals surface area contributed by atoms with Gasteiger partial charge in [-0.1, -0.05) is 41.9 Å². The zero-order valence-electron chi connectivity index (χ0n) is 13.5. The first-order valence-electron chi connectivity index (χ1n) is 7.98. The maximum absolute atomic E-state index is 11.7. The van der Waals surface area contributed by atoms with Crippen LogP contribution in [0.3, 0.4) is 0 Å². The Kier molecular flexibility index (Phi) is 5.07. The van der Waals surface area contributed by atoms with Crippen LogP contribution in [0.2, 0.25) is 5.02 Å². The fourth-order valence-electron chi connectivity index (χ4n) is 3.40. The predicted octanol–water partition coefficient (Wildman–Crippen LogP) is 3.99. The summed E-state index contributed by atoms with van der Waals surface area (Å²) >= 11 is 6.43. The van der Waals surface area contributed by atoms with E-state index >= 15 is 0 Å². The van der Waals surface area contributed by atoms with Crippen molar-refractivity contribution in [1.82, 2.24) is 4.90 Å². The minimum atomic E-state index is -0.780. The number of ether oxygens (including phenoxy) is 1. The molecule has 1 N–H and O–H groups in total. The van der Waals surface area contributed by atoms with Gasteiger partial charge < -0.3 is 9.84 Å². The summed E-state index contributed by atoms with van der Waals surface area (Å²) in [6.45, 7) is 0.735. The lowest BCUT2D eigenvalue weighted by Gasteiger charge is -2.32. The van der Waals surface area contributed by atoms with Crippen molar-refractivity contribution in [3.8, 4) is 5.75 Å². The third-order valence-corrected chi connectivity index (χ3v) is 4.89. The van der Waals surface area contributed by atoms with Crippen LogP contribution in [-0.4, -0.2) is 35.7 Å². The maximum Gasteiger partial charge on any atom is 0.320 e. The summed E-state index contributed by atoms with van der Waals surface area (Å²) in [5, 5.41) is 10.2. The Balaban J connectivity index is 2.06. The van der Waals surface area contributed by atoms with E-state index in [-0.39, 0.29) is 6.04 Å². The summed E-state index contributed by atoms with van der Waals surface area (Å²) in [5.74, 6) is -0.00840. The summed E-state index contributed by atoms with van der Waals surface area (Å²) in [5.41, 5.74) is 1.94. The number of methoxy groups -OCH3 is 1. The SMILES string of the molecule is COc1ccc(C(c2ccccc2Cl)N2CCCC2C(=O)O)cc1. The third-order valence-electron chi connectivity index (χ3n) is 4.54. The monoisotopic (exact) mass is 345 g/mol. The van der Waals surface area contributed by atoms with Crippen LogP contribution >= 0.6 is 11.6 Å². The molecule has 0 amide bonds. The molecule has 1 heterocycles. The molecule has 126 valence electrons. The van der Waals surface area contributed by atoms with E-state index in [0.29, 0.717) is 11.4 Å². The molecule has 1 saturated heterocycles. The van der Waals surface area contributed by atoms with Crippen molar-refractivity contribution in [2.45, 2.75) is 24.9 Å². The molecular weight excluding hydrogens is 326 g/mol. The van der Waals surface area contributed by atoms with Gasteiger partial charge in [0.15, 0.2) is 0 Å². The molecule has 1 fully saturated rings. The largest absolute Gasteiger partial charge is 0.497 e. The molecule has 0 radical (unpaired) electrons. The molecular formula is C19H20ClNO3. The molecule has 2 atom stereocenters. The van der Waals surface area contributed by atoms with E-state index in [9.17, 15) is 9.90 Å². The molecule has 2 aromatic rings. The molecule has 0 aliphatic carbocycles. The fourth-order valence-corrected chi connectivity index (χ4v) is 3.64. The zero-order valence-corrected chi connectivity index (χ0v) is 14.2. The number of hydrogen-bond acceptors (Lipinski definition) is 3. The second-order valence-corrected chi connectivity index (χ2v) is 6.34. The minimum Gasteiger partial charge on any atom is -0.497 e. The molecule has 5 heteroatoms. The van der Waals surface area contributed by atoms with Crippen LogP contribution in [-0.2, 0) is 4.79 Å². The van der Waals surface area contributed by atoms with E-state index < -0.39 is 12.0 Å². The van der Waals surface area contributed by atoms with Gasteiger partial charge >= 0.3 is 5.97 Å². The number of carboxylic acid groups (broad SMARTS) is 1. The van der Waals surface area contributed by atoms with Crippen molar-refractivity contribution in [2.75, 3.05) is 13.7 Å². The highest BCUT2D eigenvalue weighted by atomic mass is 35.5. The third kappa shape index (κ3) is 3.25. The van der Waals surface area contributed by atoms with Gasteiger partial charge in [-0.15, -0.1) is 0 Å². The van der Waals surface area contributed by atoms with Crippen molar-refractivity contribution in [2.24, 2.45) is 0 Å². The first kappa shape index (κ1) is 16.8. The molecule has 4 nitrogen and oxygen atoms in total. The predicted molar refractivity (Wildman–Crippen MR) is 93.7 cm³/mol. The lowest BCUT2D eigenvalue weighted by Crippen LogP contribution is -2.39. The van der Waals surface area contributed by atoms with E-state index in [1.807, 2.05) is 53.4 Å². The number of carboxylic acids is 1. The Morgan fingerprint density at radius 3 is 2.58 bits per heavy atom. The van der Waals surface area contributed by atoms with Crippen molar-refractivity contribution >= 4 is 17.6 Å². The van der Waals surface area contributed by atoms with Gasteiger partial charge in [-0.3, -0.25) is 9.69 Å². The normalized spacial score (nSPS) is 19.2. The van der Waals surface area contributed by atoms with Gasteiger partial charge in [0, 0.05) is 11.6 Å². The van der Waals surface area contributed by atoms with Crippen molar-refractivity contribution in [1.29, 1.82) is 0 Å². The van der Waals surface area contributed by atoms with E-state index in [4.69, 9.17) is 16.3 Å². The number of rotatable bonds is 5. The number of halogens is 1. The Labute approximate surface area is 146 Å². The van der Waals surface area contributed by atoms with Gasteiger partial charge in [0.25, 0.3) is 0 Å². The van der Waals surface area contributed by atoms with Gasteiger partial charge in [-0.25, -0.2) is 0 Å². The number of benzene rings is 2. The minimum absolute atomic E-state index is 0.187. The average Bonchev–Trinajstić information content (AvgIpc) is 3.07. The second-order valence-electron chi connectivity index (χ2n) is 5.93. The van der Waals surface area contributed by atoms with Crippen LogP contribution in [0.4, 0.5) is 0 Å². The quantitative estimate of drug-likeness (QED) is 0.890. The second kappa shape index (κ2) is 7.24. The maximum atomic E-state index is 11.7. The Bertz CT molecular complexity index is 717. The summed E-state index contributed by atoms with van der Waals surface area (Å²) < 4.78 is 5.23. The number of hydrogen-bond donors (Lipinski definition) is 1. The molecule has 0 saturated carbocycles. The first-order chi connectivity index (χ1) is 11.6. The molecule has 2 unspecified atom stereocenters. The van der Waals surface area contributed by atoms with Crippen molar-refractivity contribution in [3.63, 3.8) is 0 Å². The van der Waals surface area contributed by atoms with Crippen molar-refractivity contribution < 1.29 is 14.6 Å². The summed E-state index contributed by atoms with van der Waals surface area (Å²) in [6, 6.07) is 14.7. The van der Waals surface area contributed by atoms with Gasteiger partial charge in [-0.2, -0.15) is 0 Å². The number of aliphatic carboxylic acids is 1. The van der Waals surface area contributed by atoms with Gasteiger partial charge in [0.05, 0.1) is 13.2 Å². The van der Waals surface area contributed by atoms with Crippen LogP contribution < -0.4 is 4.74 Å². The van der Waals surface area contributed by atoms with Crippen LogP contribution in [0.25, 0.3) is 0 Å². The molecule has 0 aromatic heterocycles. The van der Waals surface area contributed by atoms with E-state index in [1.54, 1.807) is 7.11 Å². The van der Waals surface area contributed by atoms with Gasteiger partial charge in [-0.05, 0) is 42.2 Å². The van der Waals surface area contributed by atoms with Gasteiger partial charge in [0.2, 0.25) is 0 Å².